The van der Waals surface area contributed by atoms with E-state index in [-0.39, 0.29) is 57.4 Å². The lowest BCUT2D eigenvalue weighted by molar-refractivity contribution is -0.387. The summed E-state index contributed by atoms with van der Waals surface area (Å²) in [6, 6.07) is 13.0. The third kappa shape index (κ3) is 11.8. The van der Waals surface area contributed by atoms with Crippen molar-refractivity contribution in [2.75, 3.05) is 44.3 Å². The highest BCUT2D eigenvalue weighted by Gasteiger charge is 2.26. The quantitative estimate of drug-likeness (QED) is 0.0274. The van der Waals surface area contributed by atoms with E-state index in [4.69, 9.17) is 13.7 Å². The number of hydrogen-bond donors (Lipinski definition) is 4. The van der Waals surface area contributed by atoms with E-state index in [9.17, 15) is 57.9 Å². The zero-order chi connectivity index (χ0) is 44.8. The summed E-state index contributed by atoms with van der Waals surface area (Å²) in [6.07, 6.45) is 2.20. The Morgan fingerprint density at radius 2 is 1.28 bits per heavy atom. The van der Waals surface area contributed by atoms with Crippen molar-refractivity contribution in [2.24, 2.45) is 0 Å². The molecule has 4 rings (SSSR count). The Labute approximate surface area is 345 Å². The molecule has 0 aromatic heterocycles. The normalized spacial score (nSPS) is 12.4. The minimum absolute atomic E-state index is 0.0597. The van der Waals surface area contributed by atoms with Gasteiger partial charge in [0.15, 0.2) is 9.84 Å². The molecule has 0 aliphatic heterocycles. The standard InChI is InChI=1S/C36H38N4O16S4/c1-22(2)56-60(52,53)33-21-28(39-36(42)26-10-14-30(55-4)34(19-26)58(47,48)37-16-17-54-3)13-9-24(33)7-6-23-8-12-27(20-32(23)59(49,50)51)38-35(41)25-11-15-31(57(5,45)46)29(18-25)40(43)44/h6-15,18-22,37H,16-17H2,1-5H3,(H,38,41)(H,39,42)(H,49,50,51). The van der Waals surface area contributed by atoms with Crippen LogP contribution in [-0.2, 0) is 49.0 Å². The Bertz CT molecular complexity index is 2830. The summed E-state index contributed by atoms with van der Waals surface area (Å²) in [4.78, 5) is 34.6. The Hall–Kier alpha value is -5.60. The molecule has 0 atom stereocenters. The first-order chi connectivity index (χ1) is 27.9. The van der Waals surface area contributed by atoms with E-state index in [1.165, 1.54) is 64.5 Å². The van der Waals surface area contributed by atoms with Crippen LogP contribution in [0.2, 0.25) is 0 Å². The number of ether oxygens (including phenoxy) is 2. The van der Waals surface area contributed by atoms with Gasteiger partial charge in [-0.15, -0.1) is 0 Å². The van der Waals surface area contributed by atoms with E-state index < -0.39 is 83.3 Å². The molecule has 4 aromatic carbocycles. The average Bonchev–Trinajstić information content (AvgIpc) is 3.15. The van der Waals surface area contributed by atoms with Gasteiger partial charge in [-0.1, -0.05) is 24.3 Å². The topological polar surface area (TPSA) is 298 Å². The highest BCUT2D eigenvalue weighted by atomic mass is 32.2. The van der Waals surface area contributed by atoms with Gasteiger partial charge >= 0.3 is 0 Å². The van der Waals surface area contributed by atoms with Crippen LogP contribution in [0.25, 0.3) is 12.2 Å². The monoisotopic (exact) mass is 910 g/mol. The fourth-order valence-electron chi connectivity index (χ4n) is 5.33. The van der Waals surface area contributed by atoms with Crippen molar-refractivity contribution in [1.29, 1.82) is 0 Å². The predicted octanol–water partition coefficient (Wildman–Crippen LogP) is 3.97. The van der Waals surface area contributed by atoms with Crippen LogP contribution in [0, 0.1) is 10.1 Å². The smallest absolute Gasteiger partial charge is 0.297 e. The predicted molar refractivity (Wildman–Crippen MR) is 217 cm³/mol. The lowest BCUT2D eigenvalue weighted by Gasteiger charge is -2.14. The third-order valence-electron chi connectivity index (χ3n) is 7.98. The van der Waals surface area contributed by atoms with Gasteiger partial charge in [0, 0.05) is 48.5 Å². The van der Waals surface area contributed by atoms with Gasteiger partial charge in [-0.05, 0) is 79.6 Å². The summed E-state index contributed by atoms with van der Waals surface area (Å²) in [7, 11) is -15.2. The molecule has 0 fully saturated rings. The van der Waals surface area contributed by atoms with Crippen molar-refractivity contribution in [3.8, 4) is 5.75 Å². The van der Waals surface area contributed by atoms with Crippen molar-refractivity contribution in [1.82, 2.24) is 4.72 Å². The van der Waals surface area contributed by atoms with Gasteiger partial charge in [-0.3, -0.25) is 28.4 Å². The highest BCUT2D eigenvalue weighted by molar-refractivity contribution is 7.91. The van der Waals surface area contributed by atoms with Crippen LogP contribution in [0.15, 0.2) is 92.4 Å². The third-order valence-corrected chi connectivity index (χ3v) is 13.0. The van der Waals surface area contributed by atoms with Gasteiger partial charge < -0.3 is 20.1 Å². The molecular formula is C36H38N4O16S4. The number of rotatable bonds is 18. The highest BCUT2D eigenvalue weighted by Crippen LogP contribution is 2.30. The zero-order valence-corrected chi connectivity index (χ0v) is 35.5. The number of amides is 2. The first kappa shape index (κ1) is 47.1. The van der Waals surface area contributed by atoms with Crippen molar-refractivity contribution in [2.45, 2.75) is 39.5 Å². The van der Waals surface area contributed by atoms with Crippen molar-refractivity contribution >= 4 is 81.1 Å². The molecule has 24 heteroatoms. The summed E-state index contributed by atoms with van der Waals surface area (Å²) in [5.41, 5.74) is -1.92. The summed E-state index contributed by atoms with van der Waals surface area (Å²) in [6.45, 7) is 2.89. The van der Waals surface area contributed by atoms with Crippen molar-refractivity contribution < 1.29 is 66.4 Å². The number of sulfonamides is 1. The molecule has 0 heterocycles. The van der Waals surface area contributed by atoms with Crippen LogP contribution in [0.3, 0.4) is 0 Å². The van der Waals surface area contributed by atoms with Gasteiger partial charge in [0.1, 0.15) is 25.3 Å². The van der Waals surface area contributed by atoms with Gasteiger partial charge in [-0.25, -0.2) is 21.6 Å². The van der Waals surface area contributed by atoms with Crippen LogP contribution in [0.5, 0.6) is 5.75 Å². The maximum atomic E-state index is 13.4. The van der Waals surface area contributed by atoms with E-state index in [0.29, 0.717) is 0 Å². The molecule has 0 aliphatic carbocycles. The molecule has 0 aliphatic rings. The number of anilines is 2. The molecule has 0 radical (unpaired) electrons. The number of hydrogen-bond acceptors (Lipinski definition) is 15. The molecule has 322 valence electrons. The van der Waals surface area contributed by atoms with E-state index >= 15 is 0 Å². The summed E-state index contributed by atoms with van der Waals surface area (Å²) in [5, 5.41) is 16.3. The second kappa shape index (κ2) is 18.8. The Kier molecular flexibility index (Phi) is 14.7. The van der Waals surface area contributed by atoms with Crippen LogP contribution in [0.4, 0.5) is 17.1 Å². The fourth-order valence-corrected chi connectivity index (χ4v) is 9.38. The molecule has 0 bridgehead atoms. The second-order valence-electron chi connectivity index (χ2n) is 12.8. The van der Waals surface area contributed by atoms with E-state index in [1.807, 2.05) is 0 Å². The fraction of sp³-hybridized carbons (Fsp3) is 0.222. The Morgan fingerprint density at radius 1 is 0.750 bits per heavy atom. The Balaban J connectivity index is 1.69. The van der Waals surface area contributed by atoms with Gasteiger partial charge in [-0.2, -0.15) is 16.8 Å². The van der Waals surface area contributed by atoms with Crippen LogP contribution in [0.1, 0.15) is 45.7 Å². The van der Waals surface area contributed by atoms with E-state index in [1.54, 1.807) is 0 Å². The largest absolute Gasteiger partial charge is 0.495 e. The minimum atomic E-state index is -5.03. The first-order valence-corrected chi connectivity index (χ1v) is 23.2. The maximum absolute atomic E-state index is 13.4. The molecular weight excluding hydrogens is 873 g/mol. The lowest BCUT2D eigenvalue weighted by atomic mass is 10.1. The molecule has 4 aromatic rings. The number of nitrogens with one attached hydrogen (secondary N) is 3. The number of nitrogens with zero attached hydrogens (tertiary/aromatic N) is 1. The number of methoxy groups -OCH3 is 2. The summed E-state index contributed by atoms with van der Waals surface area (Å²) in [5.74, 6) is -1.89. The van der Waals surface area contributed by atoms with Crippen molar-refractivity contribution in [3.05, 3.63) is 105 Å². The SMILES string of the molecule is COCCNS(=O)(=O)c1cc(C(=O)Nc2ccc(C=Cc3ccc(NC(=O)c4ccc(S(C)(=O)=O)c([N+](=O)[O-])c4)cc3S(=O)(=O)O)c(S(=O)(=O)OC(C)C)c2)ccc1OC. The minimum Gasteiger partial charge on any atom is -0.495 e. The molecule has 0 unspecified atom stereocenters. The molecule has 20 nitrogen and oxygen atoms in total. The number of carbonyl (C=O) groups is 2. The number of nitro benzene ring substituents is 1. The number of carbonyl (C=O) groups excluding carboxylic acids is 2. The maximum Gasteiger partial charge on any atom is 0.297 e. The van der Waals surface area contributed by atoms with E-state index in [0.717, 1.165) is 54.8 Å². The zero-order valence-electron chi connectivity index (χ0n) is 32.2. The van der Waals surface area contributed by atoms with Crippen LogP contribution in [-0.4, -0.2) is 94.7 Å². The molecule has 2 amide bonds. The first-order valence-electron chi connectivity index (χ1n) is 17.0. The number of nitro groups is 1. The van der Waals surface area contributed by atoms with E-state index in [2.05, 4.69) is 15.4 Å². The molecule has 60 heavy (non-hydrogen) atoms. The number of sulfone groups is 1. The van der Waals surface area contributed by atoms with Gasteiger partial charge in [0.05, 0.1) is 24.7 Å². The molecule has 0 spiro atoms. The Morgan fingerprint density at radius 3 is 1.78 bits per heavy atom. The average molecular weight is 911 g/mol. The summed E-state index contributed by atoms with van der Waals surface area (Å²) < 4.78 is 129. The summed E-state index contributed by atoms with van der Waals surface area (Å²) >= 11 is 0. The number of benzene rings is 4. The molecule has 0 saturated carbocycles. The molecule has 0 saturated heterocycles. The van der Waals surface area contributed by atoms with Gasteiger partial charge in [0.25, 0.3) is 37.7 Å². The van der Waals surface area contributed by atoms with Crippen LogP contribution >= 0.6 is 0 Å². The van der Waals surface area contributed by atoms with Crippen LogP contribution < -0.4 is 20.1 Å². The molecule has 4 N–H and O–H groups in total. The van der Waals surface area contributed by atoms with Gasteiger partial charge in [0.2, 0.25) is 10.0 Å². The van der Waals surface area contributed by atoms with Crippen molar-refractivity contribution in [3.63, 3.8) is 0 Å². The lowest BCUT2D eigenvalue weighted by Crippen LogP contribution is -2.28. The second-order valence-corrected chi connectivity index (χ2v) is 19.4.